The molecule has 2 rings (SSSR count). The number of rotatable bonds is 4. The molecule has 4 N–H and O–H groups in total. The second kappa shape index (κ2) is 5.60. The number of hydrogen-bond donors (Lipinski definition) is 2. The molecule has 0 unspecified atom stereocenters. The summed E-state index contributed by atoms with van der Waals surface area (Å²) in [6, 6.07) is 12.7. The van der Waals surface area contributed by atoms with Gasteiger partial charge >= 0.3 is 0 Å². The zero-order valence-electron chi connectivity index (χ0n) is 12.8. The first-order valence-corrected chi connectivity index (χ1v) is 7.15. The average Bonchev–Trinajstić information content (AvgIpc) is 2.45. The first-order chi connectivity index (χ1) is 9.83. The van der Waals surface area contributed by atoms with E-state index < -0.39 is 0 Å². The molecule has 21 heavy (non-hydrogen) atoms. The van der Waals surface area contributed by atoms with Gasteiger partial charge in [-0.1, -0.05) is 45.0 Å². The molecule has 0 amide bonds. The number of carbonyl (C=O) groups is 1. The molecule has 0 radical (unpaired) electrons. The van der Waals surface area contributed by atoms with Gasteiger partial charge in [-0.05, 0) is 35.6 Å². The Hall–Kier alpha value is -2.29. The monoisotopic (exact) mass is 282 g/mol. The van der Waals surface area contributed by atoms with Crippen molar-refractivity contribution in [3.05, 3.63) is 59.2 Å². The third kappa shape index (κ3) is 3.24. The zero-order chi connectivity index (χ0) is 15.6. The highest BCUT2D eigenvalue weighted by Gasteiger charge is 2.18. The second-order valence-electron chi connectivity index (χ2n) is 6.03. The van der Waals surface area contributed by atoms with Crippen LogP contribution >= 0.6 is 0 Å². The first kappa shape index (κ1) is 15.1. The second-order valence-corrected chi connectivity index (χ2v) is 6.03. The highest BCUT2D eigenvalue weighted by molar-refractivity contribution is 6.09. The van der Waals surface area contributed by atoms with E-state index in [0.29, 0.717) is 22.5 Å². The summed E-state index contributed by atoms with van der Waals surface area (Å²) in [6.45, 7) is 6.55. The van der Waals surface area contributed by atoms with Gasteiger partial charge < -0.3 is 11.5 Å². The Bertz CT molecular complexity index is 637. The SMILES string of the molecule is CCC(C)(C)c1ccc(C(=O)c2cc(N)cc(N)c2)cc1. The van der Waals surface area contributed by atoms with Gasteiger partial charge in [-0.2, -0.15) is 0 Å². The Morgan fingerprint density at radius 3 is 1.95 bits per heavy atom. The maximum absolute atomic E-state index is 12.5. The topological polar surface area (TPSA) is 69.1 Å². The van der Waals surface area contributed by atoms with Crippen LogP contribution in [0.3, 0.4) is 0 Å². The van der Waals surface area contributed by atoms with Crippen molar-refractivity contribution >= 4 is 17.2 Å². The molecular formula is C18H22N2O. The summed E-state index contributed by atoms with van der Waals surface area (Å²) in [5.74, 6) is -0.0603. The van der Waals surface area contributed by atoms with Crippen molar-refractivity contribution in [1.82, 2.24) is 0 Å². The van der Waals surface area contributed by atoms with Crippen LogP contribution in [0.2, 0.25) is 0 Å². The molecule has 2 aromatic carbocycles. The molecule has 0 fully saturated rings. The lowest BCUT2D eigenvalue weighted by Gasteiger charge is -2.23. The Morgan fingerprint density at radius 1 is 0.952 bits per heavy atom. The lowest BCUT2D eigenvalue weighted by Crippen LogP contribution is -2.15. The van der Waals surface area contributed by atoms with E-state index in [1.807, 2.05) is 24.3 Å². The molecule has 0 aromatic heterocycles. The largest absolute Gasteiger partial charge is 0.399 e. The fraction of sp³-hybridized carbons (Fsp3) is 0.278. The van der Waals surface area contributed by atoms with Crippen LogP contribution in [-0.4, -0.2) is 5.78 Å². The number of anilines is 2. The van der Waals surface area contributed by atoms with E-state index in [0.717, 1.165) is 6.42 Å². The van der Waals surface area contributed by atoms with Crippen molar-refractivity contribution in [3.63, 3.8) is 0 Å². The third-order valence-corrected chi connectivity index (χ3v) is 4.05. The van der Waals surface area contributed by atoms with Gasteiger partial charge in [0.1, 0.15) is 0 Å². The van der Waals surface area contributed by atoms with Crippen LogP contribution in [0.5, 0.6) is 0 Å². The van der Waals surface area contributed by atoms with Crippen LogP contribution in [0, 0.1) is 0 Å². The van der Waals surface area contributed by atoms with Gasteiger partial charge in [-0.15, -0.1) is 0 Å². The molecule has 3 nitrogen and oxygen atoms in total. The predicted molar refractivity (Wildman–Crippen MR) is 88.5 cm³/mol. The molecule has 0 aliphatic rings. The molecule has 0 saturated heterocycles. The summed E-state index contributed by atoms with van der Waals surface area (Å²) in [7, 11) is 0. The number of nitrogen functional groups attached to an aromatic ring is 2. The van der Waals surface area contributed by atoms with Crippen molar-refractivity contribution < 1.29 is 4.79 Å². The van der Waals surface area contributed by atoms with Gasteiger partial charge in [0.2, 0.25) is 0 Å². The van der Waals surface area contributed by atoms with Gasteiger partial charge in [0.05, 0.1) is 0 Å². The van der Waals surface area contributed by atoms with Crippen LogP contribution in [-0.2, 0) is 5.41 Å². The van der Waals surface area contributed by atoms with Crippen LogP contribution < -0.4 is 11.5 Å². The smallest absolute Gasteiger partial charge is 0.193 e. The minimum absolute atomic E-state index is 0.0603. The van der Waals surface area contributed by atoms with E-state index in [1.165, 1.54) is 5.56 Å². The summed E-state index contributed by atoms with van der Waals surface area (Å²) in [5, 5.41) is 0. The maximum Gasteiger partial charge on any atom is 0.193 e. The minimum Gasteiger partial charge on any atom is -0.399 e. The van der Waals surface area contributed by atoms with E-state index in [9.17, 15) is 4.79 Å². The molecule has 0 heterocycles. The van der Waals surface area contributed by atoms with Gasteiger partial charge in [-0.25, -0.2) is 0 Å². The Kier molecular flexibility index (Phi) is 4.03. The number of carbonyl (C=O) groups excluding carboxylic acids is 1. The van der Waals surface area contributed by atoms with Crippen molar-refractivity contribution in [2.75, 3.05) is 11.5 Å². The molecule has 0 bridgehead atoms. The van der Waals surface area contributed by atoms with Crippen LogP contribution in [0.25, 0.3) is 0 Å². The molecule has 0 saturated carbocycles. The van der Waals surface area contributed by atoms with Gasteiger partial charge in [0, 0.05) is 22.5 Å². The van der Waals surface area contributed by atoms with E-state index in [-0.39, 0.29) is 11.2 Å². The third-order valence-electron chi connectivity index (χ3n) is 4.05. The number of nitrogens with two attached hydrogens (primary N) is 2. The van der Waals surface area contributed by atoms with E-state index >= 15 is 0 Å². The van der Waals surface area contributed by atoms with E-state index in [2.05, 4.69) is 20.8 Å². The highest BCUT2D eigenvalue weighted by atomic mass is 16.1. The van der Waals surface area contributed by atoms with Crippen molar-refractivity contribution in [3.8, 4) is 0 Å². The van der Waals surface area contributed by atoms with Crippen LogP contribution in [0.1, 0.15) is 48.7 Å². The lowest BCUT2D eigenvalue weighted by atomic mass is 9.82. The Morgan fingerprint density at radius 2 is 1.48 bits per heavy atom. The van der Waals surface area contributed by atoms with Gasteiger partial charge in [0.15, 0.2) is 5.78 Å². The molecule has 110 valence electrons. The quantitative estimate of drug-likeness (QED) is 0.662. The van der Waals surface area contributed by atoms with Gasteiger partial charge in [0.25, 0.3) is 0 Å². The minimum atomic E-state index is -0.0603. The summed E-state index contributed by atoms with van der Waals surface area (Å²) in [6.07, 6.45) is 1.05. The molecule has 0 atom stereocenters. The number of hydrogen-bond acceptors (Lipinski definition) is 3. The normalized spacial score (nSPS) is 11.4. The van der Waals surface area contributed by atoms with Gasteiger partial charge in [-0.3, -0.25) is 4.79 Å². The van der Waals surface area contributed by atoms with Crippen LogP contribution in [0.4, 0.5) is 11.4 Å². The van der Waals surface area contributed by atoms with Crippen molar-refractivity contribution in [2.24, 2.45) is 0 Å². The van der Waals surface area contributed by atoms with Crippen molar-refractivity contribution in [1.29, 1.82) is 0 Å². The maximum atomic E-state index is 12.5. The summed E-state index contributed by atoms with van der Waals surface area (Å²) < 4.78 is 0. The number of ketones is 1. The Balaban J connectivity index is 2.32. The molecule has 0 spiro atoms. The first-order valence-electron chi connectivity index (χ1n) is 7.15. The fourth-order valence-corrected chi connectivity index (χ4v) is 2.25. The summed E-state index contributed by atoms with van der Waals surface area (Å²) >= 11 is 0. The molecular weight excluding hydrogens is 260 g/mol. The molecule has 0 aliphatic heterocycles. The highest BCUT2D eigenvalue weighted by Crippen LogP contribution is 2.27. The van der Waals surface area contributed by atoms with Crippen molar-refractivity contribution in [2.45, 2.75) is 32.6 Å². The molecule has 0 aliphatic carbocycles. The van der Waals surface area contributed by atoms with Crippen LogP contribution in [0.15, 0.2) is 42.5 Å². The van der Waals surface area contributed by atoms with E-state index in [4.69, 9.17) is 11.5 Å². The summed E-state index contributed by atoms with van der Waals surface area (Å²) in [4.78, 5) is 12.5. The Labute approximate surface area is 126 Å². The summed E-state index contributed by atoms with van der Waals surface area (Å²) in [5.41, 5.74) is 15.0. The molecule has 3 heteroatoms. The number of benzene rings is 2. The average molecular weight is 282 g/mol. The standard InChI is InChI=1S/C18H22N2O/c1-4-18(2,3)14-7-5-12(6-8-14)17(21)13-9-15(19)11-16(20)10-13/h5-11H,4,19-20H2,1-3H3. The fourth-order valence-electron chi connectivity index (χ4n) is 2.25. The van der Waals surface area contributed by atoms with E-state index in [1.54, 1.807) is 18.2 Å². The lowest BCUT2D eigenvalue weighted by molar-refractivity contribution is 0.103. The molecule has 2 aromatic rings. The predicted octanol–water partition coefficient (Wildman–Crippen LogP) is 3.77. The zero-order valence-corrected chi connectivity index (χ0v) is 12.8.